The minimum Gasteiger partial charge on any atom is -0.395 e. The van der Waals surface area contributed by atoms with Crippen molar-refractivity contribution < 1.29 is 10.2 Å². The van der Waals surface area contributed by atoms with E-state index in [1.54, 1.807) is 12.1 Å². The second-order valence-electron chi connectivity index (χ2n) is 2.70. The normalized spacial score (nSPS) is 13.8. The molecule has 0 saturated carbocycles. The van der Waals surface area contributed by atoms with Gasteiger partial charge in [0.2, 0.25) is 0 Å². The maximum absolute atomic E-state index is 9.50. The first kappa shape index (κ1) is 13.1. The van der Waals surface area contributed by atoms with Crippen LogP contribution in [0.15, 0.2) is 30.3 Å². The Hall–Kier alpha value is -0.900. The van der Waals surface area contributed by atoms with E-state index >= 15 is 0 Å². The molecule has 3 heteroatoms. The summed E-state index contributed by atoms with van der Waals surface area (Å²) in [6.07, 6.45) is -0.781. The number of benzene rings is 1. The molecule has 80 valence electrons. The average Bonchev–Trinajstić information content (AvgIpc) is 2.31. The van der Waals surface area contributed by atoms with Crippen molar-refractivity contribution in [3.05, 3.63) is 35.9 Å². The second-order valence-corrected chi connectivity index (χ2v) is 2.70. The van der Waals surface area contributed by atoms with E-state index in [-0.39, 0.29) is 6.61 Å². The largest absolute Gasteiger partial charge is 0.395 e. The molecule has 0 fully saturated rings. The van der Waals surface area contributed by atoms with Gasteiger partial charge in [-0.05, 0) is 5.56 Å². The number of aliphatic hydroxyl groups is 2. The van der Waals surface area contributed by atoms with Crippen LogP contribution in [-0.4, -0.2) is 22.9 Å². The van der Waals surface area contributed by atoms with Crippen molar-refractivity contribution in [1.82, 2.24) is 0 Å². The molecule has 0 amide bonds. The highest BCUT2D eigenvalue weighted by Gasteiger charge is 2.14. The van der Waals surface area contributed by atoms with E-state index in [1.807, 2.05) is 32.0 Å². The third kappa shape index (κ3) is 3.87. The van der Waals surface area contributed by atoms with Crippen LogP contribution < -0.4 is 5.73 Å². The van der Waals surface area contributed by atoms with Crippen LogP contribution in [0.2, 0.25) is 0 Å². The summed E-state index contributed by atoms with van der Waals surface area (Å²) in [5.41, 5.74) is 6.18. The quantitative estimate of drug-likeness (QED) is 0.679. The van der Waals surface area contributed by atoms with E-state index in [9.17, 15) is 5.11 Å². The van der Waals surface area contributed by atoms with Crippen LogP contribution in [0.5, 0.6) is 0 Å². The molecule has 3 nitrogen and oxygen atoms in total. The lowest BCUT2D eigenvalue weighted by Gasteiger charge is -2.16. The molecule has 0 bridgehead atoms. The molecule has 1 aromatic rings. The maximum atomic E-state index is 9.50. The van der Waals surface area contributed by atoms with Crippen LogP contribution in [-0.2, 0) is 0 Å². The Kier molecular flexibility index (Phi) is 7.02. The van der Waals surface area contributed by atoms with Crippen molar-refractivity contribution >= 4 is 0 Å². The van der Waals surface area contributed by atoms with Crippen LogP contribution in [0, 0.1) is 0 Å². The first-order valence-corrected chi connectivity index (χ1v) is 4.85. The van der Waals surface area contributed by atoms with Gasteiger partial charge in [-0.25, -0.2) is 0 Å². The molecule has 0 aliphatic carbocycles. The molecule has 2 atom stereocenters. The van der Waals surface area contributed by atoms with Crippen molar-refractivity contribution in [3.8, 4) is 0 Å². The molecular weight excluding hydrogens is 178 g/mol. The van der Waals surface area contributed by atoms with Gasteiger partial charge in [0.05, 0.1) is 18.8 Å². The SMILES string of the molecule is CC.N[C@H](CO)[C@H](O)c1ccccc1. The van der Waals surface area contributed by atoms with Gasteiger partial charge < -0.3 is 15.9 Å². The highest BCUT2D eigenvalue weighted by molar-refractivity contribution is 5.18. The maximum Gasteiger partial charge on any atom is 0.0963 e. The summed E-state index contributed by atoms with van der Waals surface area (Å²) in [4.78, 5) is 0. The van der Waals surface area contributed by atoms with Crippen LogP contribution in [0.3, 0.4) is 0 Å². The van der Waals surface area contributed by atoms with Crippen molar-refractivity contribution in [3.63, 3.8) is 0 Å². The van der Waals surface area contributed by atoms with Crippen molar-refractivity contribution in [2.45, 2.75) is 26.0 Å². The third-order valence-corrected chi connectivity index (χ3v) is 1.76. The van der Waals surface area contributed by atoms with Gasteiger partial charge in [0.25, 0.3) is 0 Å². The highest BCUT2D eigenvalue weighted by atomic mass is 16.3. The lowest BCUT2D eigenvalue weighted by molar-refractivity contribution is 0.109. The number of hydrogen-bond donors (Lipinski definition) is 3. The third-order valence-electron chi connectivity index (χ3n) is 1.76. The molecule has 0 heterocycles. The Morgan fingerprint density at radius 2 is 1.71 bits per heavy atom. The summed E-state index contributed by atoms with van der Waals surface area (Å²) in [7, 11) is 0. The fourth-order valence-corrected chi connectivity index (χ4v) is 0.997. The summed E-state index contributed by atoms with van der Waals surface area (Å²) < 4.78 is 0. The number of nitrogens with two attached hydrogens (primary N) is 1. The number of aliphatic hydroxyl groups excluding tert-OH is 2. The van der Waals surface area contributed by atoms with Crippen LogP contribution >= 0.6 is 0 Å². The average molecular weight is 197 g/mol. The van der Waals surface area contributed by atoms with E-state index in [2.05, 4.69) is 0 Å². The molecule has 14 heavy (non-hydrogen) atoms. The summed E-state index contributed by atoms with van der Waals surface area (Å²) in [5, 5.41) is 18.2. The Morgan fingerprint density at radius 1 is 1.21 bits per heavy atom. The number of rotatable bonds is 3. The van der Waals surface area contributed by atoms with Crippen LogP contribution in [0.1, 0.15) is 25.5 Å². The molecule has 0 spiro atoms. The minimum atomic E-state index is -0.781. The molecule has 0 aliphatic heterocycles. The fraction of sp³-hybridized carbons (Fsp3) is 0.455. The monoisotopic (exact) mass is 197 g/mol. The zero-order valence-electron chi connectivity index (χ0n) is 8.72. The summed E-state index contributed by atoms with van der Waals surface area (Å²) in [5.74, 6) is 0. The molecule has 4 N–H and O–H groups in total. The first-order valence-electron chi connectivity index (χ1n) is 4.85. The predicted octanol–water partition coefficient (Wildman–Crippen LogP) is 1.07. The molecular formula is C11H19NO2. The van der Waals surface area contributed by atoms with Crippen LogP contribution in [0.25, 0.3) is 0 Å². The zero-order valence-corrected chi connectivity index (χ0v) is 8.72. The van der Waals surface area contributed by atoms with Crippen LogP contribution in [0.4, 0.5) is 0 Å². The van der Waals surface area contributed by atoms with E-state index < -0.39 is 12.1 Å². The standard InChI is InChI=1S/C9H13NO2.C2H6/c10-8(6-11)9(12)7-4-2-1-3-5-7;1-2/h1-5,8-9,11-12H,6,10H2;1-2H3/t8-,9-;/m1./s1. The molecule has 0 aromatic heterocycles. The van der Waals surface area contributed by atoms with Crippen molar-refractivity contribution in [1.29, 1.82) is 0 Å². The van der Waals surface area contributed by atoms with Gasteiger partial charge in [0, 0.05) is 0 Å². The van der Waals surface area contributed by atoms with Gasteiger partial charge in [-0.2, -0.15) is 0 Å². The van der Waals surface area contributed by atoms with Crippen molar-refractivity contribution in [2.24, 2.45) is 5.73 Å². The zero-order chi connectivity index (χ0) is 11.0. The van der Waals surface area contributed by atoms with E-state index in [0.29, 0.717) is 0 Å². The van der Waals surface area contributed by atoms with Gasteiger partial charge in [0.15, 0.2) is 0 Å². The number of hydrogen-bond acceptors (Lipinski definition) is 3. The fourth-order valence-electron chi connectivity index (χ4n) is 0.997. The molecule has 0 unspecified atom stereocenters. The minimum absolute atomic E-state index is 0.212. The first-order chi connectivity index (χ1) is 6.75. The van der Waals surface area contributed by atoms with Crippen molar-refractivity contribution in [2.75, 3.05) is 6.61 Å². The van der Waals surface area contributed by atoms with Gasteiger partial charge in [-0.3, -0.25) is 0 Å². The highest BCUT2D eigenvalue weighted by Crippen LogP contribution is 2.14. The molecule has 0 radical (unpaired) electrons. The molecule has 1 aromatic carbocycles. The van der Waals surface area contributed by atoms with E-state index in [4.69, 9.17) is 10.8 Å². The molecule has 0 saturated heterocycles. The van der Waals surface area contributed by atoms with Gasteiger partial charge in [-0.1, -0.05) is 44.2 Å². The Labute approximate surface area is 85.2 Å². The smallest absolute Gasteiger partial charge is 0.0963 e. The lowest BCUT2D eigenvalue weighted by Crippen LogP contribution is -2.31. The Morgan fingerprint density at radius 3 is 2.14 bits per heavy atom. The Bertz CT molecular complexity index is 226. The summed E-state index contributed by atoms with van der Waals surface area (Å²) >= 11 is 0. The van der Waals surface area contributed by atoms with E-state index in [1.165, 1.54) is 0 Å². The summed E-state index contributed by atoms with van der Waals surface area (Å²) in [6.45, 7) is 3.79. The van der Waals surface area contributed by atoms with Gasteiger partial charge >= 0.3 is 0 Å². The van der Waals surface area contributed by atoms with Gasteiger partial charge in [-0.15, -0.1) is 0 Å². The second kappa shape index (κ2) is 7.50. The molecule has 1 rings (SSSR count). The topological polar surface area (TPSA) is 66.5 Å². The van der Waals surface area contributed by atoms with Gasteiger partial charge in [0.1, 0.15) is 0 Å². The Balaban J connectivity index is 0.000000791. The summed E-state index contributed by atoms with van der Waals surface area (Å²) in [6, 6.07) is 8.46. The molecule has 0 aliphatic rings. The lowest BCUT2D eigenvalue weighted by atomic mass is 10.0. The van der Waals surface area contributed by atoms with E-state index in [0.717, 1.165) is 5.56 Å². The predicted molar refractivity (Wildman–Crippen MR) is 57.8 cm³/mol.